The number of amides is 2. The predicted molar refractivity (Wildman–Crippen MR) is 109 cm³/mol. The van der Waals surface area contributed by atoms with E-state index in [1.54, 1.807) is 36.3 Å². The van der Waals surface area contributed by atoms with Gasteiger partial charge in [0.2, 0.25) is 0 Å². The first-order valence-corrected chi connectivity index (χ1v) is 9.38. The number of nitrogens with zero attached hydrogens (tertiary/aromatic N) is 2. The normalized spacial score (nSPS) is 14.2. The first-order valence-electron chi connectivity index (χ1n) is 9.38. The lowest BCUT2D eigenvalue weighted by molar-refractivity contribution is 0.0536. The summed E-state index contributed by atoms with van der Waals surface area (Å²) in [4.78, 5) is 29.4. The van der Waals surface area contributed by atoms with Crippen LogP contribution in [0.4, 0.5) is 0 Å². The molecule has 1 aliphatic rings. The third-order valence-electron chi connectivity index (χ3n) is 5.21. The molecule has 0 saturated carbocycles. The Kier molecular flexibility index (Phi) is 4.98. The third kappa shape index (κ3) is 3.43. The van der Waals surface area contributed by atoms with E-state index in [-0.39, 0.29) is 11.8 Å². The summed E-state index contributed by atoms with van der Waals surface area (Å²) in [6.07, 6.45) is 0. The maximum atomic E-state index is 13.0. The van der Waals surface area contributed by atoms with Crippen molar-refractivity contribution in [3.8, 4) is 5.75 Å². The molecule has 0 radical (unpaired) electrons. The van der Waals surface area contributed by atoms with Gasteiger partial charge in [-0.1, -0.05) is 36.4 Å². The molecule has 4 rings (SSSR count). The van der Waals surface area contributed by atoms with Gasteiger partial charge in [0.05, 0.1) is 7.11 Å². The van der Waals surface area contributed by atoms with Gasteiger partial charge in [-0.2, -0.15) is 0 Å². The number of benzene rings is 3. The number of hydrogen-bond donors (Lipinski definition) is 0. The summed E-state index contributed by atoms with van der Waals surface area (Å²) in [5.41, 5.74) is 1.35. The standard InChI is InChI=1S/C23H22N2O3/c1-28-19-11-9-18(10-12-19)22(26)24-13-15-25(16-14-24)23(27)21-8-4-6-17-5-2-3-7-20(17)21/h2-12H,13-16H2,1H3. The summed E-state index contributed by atoms with van der Waals surface area (Å²) >= 11 is 0. The number of methoxy groups -OCH3 is 1. The average Bonchev–Trinajstić information content (AvgIpc) is 2.78. The lowest BCUT2D eigenvalue weighted by Crippen LogP contribution is -2.50. The highest BCUT2D eigenvalue weighted by Crippen LogP contribution is 2.21. The lowest BCUT2D eigenvalue weighted by Gasteiger charge is -2.35. The van der Waals surface area contributed by atoms with Gasteiger partial charge in [0.1, 0.15) is 5.75 Å². The molecule has 0 spiro atoms. The van der Waals surface area contributed by atoms with Gasteiger partial charge in [-0.15, -0.1) is 0 Å². The van der Waals surface area contributed by atoms with Crippen LogP contribution < -0.4 is 4.74 Å². The van der Waals surface area contributed by atoms with Crippen molar-refractivity contribution in [2.45, 2.75) is 0 Å². The Morgan fingerprint density at radius 2 is 1.36 bits per heavy atom. The smallest absolute Gasteiger partial charge is 0.254 e. The van der Waals surface area contributed by atoms with E-state index in [2.05, 4.69) is 0 Å². The van der Waals surface area contributed by atoms with Gasteiger partial charge in [0, 0.05) is 37.3 Å². The zero-order valence-electron chi connectivity index (χ0n) is 15.8. The fraction of sp³-hybridized carbons (Fsp3) is 0.217. The van der Waals surface area contributed by atoms with Crippen LogP contribution in [0.15, 0.2) is 66.7 Å². The van der Waals surface area contributed by atoms with Crippen LogP contribution in [0.5, 0.6) is 5.75 Å². The first-order chi connectivity index (χ1) is 13.7. The van der Waals surface area contributed by atoms with Crippen LogP contribution in [0.25, 0.3) is 10.8 Å². The van der Waals surface area contributed by atoms with Crippen LogP contribution in [0.1, 0.15) is 20.7 Å². The van der Waals surface area contributed by atoms with E-state index < -0.39 is 0 Å². The second-order valence-electron chi connectivity index (χ2n) is 6.84. The number of carbonyl (C=O) groups is 2. The predicted octanol–water partition coefficient (Wildman–Crippen LogP) is 3.45. The van der Waals surface area contributed by atoms with Crippen molar-refractivity contribution in [2.24, 2.45) is 0 Å². The minimum absolute atomic E-state index is 0.0140. The van der Waals surface area contributed by atoms with Crippen molar-refractivity contribution < 1.29 is 14.3 Å². The average molecular weight is 374 g/mol. The Labute approximate surface area is 164 Å². The molecule has 3 aromatic carbocycles. The zero-order valence-corrected chi connectivity index (χ0v) is 15.8. The van der Waals surface area contributed by atoms with Crippen molar-refractivity contribution in [1.29, 1.82) is 0 Å². The highest BCUT2D eigenvalue weighted by Gasteiger charge is 2.26. The maximum absolute atomic E-state index is 13.0. The van der Waals surface area contributed by atoms with Gasteiger partial charge in [0.15, 0.2) is 0 Å². The zero-order chi connectivity index (χ0) is 19.5. The minimum atomic E-state index is -0.0140. The summed E-state index contributed by atoms with van der Waals surface area (Å²) in [5.74, 6) is 0.732. The molecule has 1 aliphatic heterocycles. The molecule has 1 heterocycles. The molecule has 3 aromatic rings. The monoisotopic (exact) mass is 374 g/mol. The molecule has 5 heteroatoms. The molecule has 28 heavy (non-hydrogen) atoms. The number of carbonyl (C=O) groups excluding carboxylic acids is 2. The summed E-state index contributed by atoms with van der Waals surface area (Å²) in [5, 5.41) is 2.02. The van der Waals surface area contributed by atoms with Crippen LogP contribution in [0, 0.1) is 0 Å². The van der Waals surface area contributed by atoms with E-state index in [0.717, 1.165) is 16.5 Å². The molecule has 0 aliphatic carbocycles. The van der Waals surface area contributed by atoms with Crippen molar-refractivity contribution in [3.05, 3.63) is 77.9 Å². The van der Waals surface area contributed by atoms with Crippen molar-refractivity contribution in [3.63, 3.8) is 0 Å². The highest BCUT2D eigenvalue weighted by molar-refractivity contribution is 6.07. The Morgan fingerprint density at radius 3 is 2.04 bits per heavy atom. The fourth-order valence-electron chi connectivity index (χ4n) is 3.61. The van der Waals surface area contributed by atoms with Crippen molar-refractivity contribution in [1.82, 2.24) is 9.80 Å². The van der Waals surface area contributed by atoms with E-state index >= 15 is 0 Å². The largest absolute Gasteiger partial charge is 0.497 e. The summed E-state index contributed by atoms with van der Waals surface area (Å²) in [6, 6.07) is 20.8. The molecule has 0 N–H and O–H groups in total. The van der Waals surface area contributed by atoms with Gasteiger partial charge < -0.3 is 14.5 Å². The third-order valence-corrected chi connectivity index (χ3v) is 5.21. The number of piperazine rings is 1. The SMILES string of the molecule is COc1ccc(C(=O)N2CCN(C(=O)c3cccc4ccccc34)CC2)cc1. The molecule has 0 atom stereocenters. The quantitative estimate of drug-likeness (QED) is 0.706. The molecule has 1 fully saturated rings. The minimum Gasteiger partial charge on any atom is -0.497 e. The first kappa shape index (κ1) is 18.0. The lowest BCUT2D eigenvalue weighted by atomic mass is 10.0. The number of rotatable bonds is 3. The molecule has 0 unspecified atom stereocenters. The van der Waals surface area contributed by atoms with Gasteiger partial charge >= 0.3 is 0 Å². The van der Waals surface area contributed by atoms with Gasteiger partial charge in [-0.25, -0.2) is 0 Å². The van der Waals surface area contributed by atoms with Crippen molar-refractivity contribution in [2.75, 3.05) is 33.3 Å². The molecule has 0 bridgehead atoms. The topological polar surface area (TPSA) is 49.9 Å². The maximum Gasteiger partial charge on any atom is 0.254 e. The Morgan fingerprint density at radius 1 is 0.750 bits per heavy atom. The van der Waals surface area contributed by atoms with E-state index in [9.17, 15) is 9.59 Å². The number of hydrogen-bond acceptors (Lipinski definition) is 3. The molecule has 1 saturated heterocycles. The molecular formula is C23H22N2O3. The second kappa shape index (κ2) is 7.72. The molecule has 0 aromatic heterocycles. The van der Waals surface area contributed by atoms with E-state index in [4.69, 9.17) is 4.74 Å². The van der Waals surface area contributed by atoms with Crippen LogP contribution in [0.3, 0.4) is 0 Å². The van der Waals surface area contributed by atoms with Crippen LogP contribution in [0.2, 0.25) is 0 Å². The van der Waals surface area contributed by atoms with Crippen LogP contribution in [-0.2, 0) is 0 Å². The van der Waals surface area contributed by atoms with Gasteiger partial charge in [0.25, 0.3) is 11.8 Å². The number of ether oxygens (including phenoxy) is 1. The van der Waals surface area contributed by atoms with Crippen LogP contribution >= 0.6 is 0 Å². The molecule has 142 valence electrons. The Balaban J connectivity index is 1.44. The van der Waals surface area contributed by atoms with E-state index in [1.807, 2.05) is 47.4 Å². The van der Waals surface area contributed by atoms with E-state index in [0.29, 0.717) is 37.3 Å². The summed E-state index contributed by atoms with van der Waals surface area (Å²) in [6.45, 7) is 2.12. The Bertz CT molecular complexity index is 1000. The van der Waals surface area contributed by atoms with Gasteiger partial charge in [-0.05, 0) is 41.1 Å². The fourth-order valence-corrected chi connectivity index (χ4v) is 3.61. The highest BCUT2D eigenvalue weighted by atomic mass is 16.5. The van der Waals surface area contributed by atoms with Crippen LogP contribution in [-0.4, -0.2) is 54.9 Å². The summed E-state index contributed by atoms with van der Waals surface area (Å²) < 4.78 is 5.14. The molecular weight excluding hydrogens is 352 g/mol. The summed E-state index contributed by atoms with van der Waals surface area (Å²) in [7, 11) is 1.60. The van der Waals surface area contributed by atoms with Crippen molar-refractivity contribution >= 4 is 22.6 Å². The Hall–Kier alpha value is -3.34. The molecule has 5 nitrogen and oxygen atoms in total. The second-order valence-corrected chi connectivity index (χ2v) is 6.84. The molecule has 2 amide bonds. The van der Waals surface area contributed by atoms with Gasteiger partial charge in [-0.3, -0.25) is 9.59 Å². The van der Waals surface area contributed by atoms with E-state index in [1.165, 1.54) is 0 Å². The number of fused-ring (bicyclic) bond motifs is 1.